The van der Waals surface area contributed by atoms with Crippen LogP contribution in [0.2, 0.25) is 0 Å². The average molecular weight is 238 g/mol. The molecule has 0 amide bonds. The van der Waals surface area contributed by atoms with Crippen molar-refractivity contribution in [2.45, 2.75) is 52.4 Å². The predicted octanol–water partition coefficient (Wildman–Crippen LogP) is 3.04. The lowest BCUT2D eigenvalue weighted by Gasteiger charge is -2.10. The van der Waals surface area contributed by atoms with Gasteiger partial charge in [0.15, 0.2) is 5.78 Å². The minimum Gasteiger partial charge on any atom is -0.469 e. The van der Waals surface area contributed by atoms with Gasteiger partial charge in [-0.05, 0) is 30.3 Å². The maximum absolute atomic E-state index is 11.7. The van der Waals surface area contributed by atoms with E-state index >= 15 is 0 Å². The summed E-state index contributed by atoms with van der Waals surface area (Å²) in [6.45, 7) is 4.18. The summed E-state index contributed by atoms with van der Waals surface area (Å²) in [5.41, 5.74) is 1.02. The second-order valence-corrected chi connectivity index (χ2v) is 5.39. The summed E-state index contributed by atoms with van der Waals surface area (Å²) in [6, 6.07) is 0. The van der Waals surface area contributed by atoms with Crippen LogP contribution in [0.4, 0.5) is 0 Å². The van der Waals surface area contributed by atoms with Gasteiger partial charge in [0.1, 0.15) is 0 Å². The monoisotopic (exact) mass is 238 g/mol. The van der Waals surface area contributed by atoms with Gasteiger partial charge in [-0.2, -0.15) is 0 Å². The molecule has 3 nitrogen and oxygen atoms in total. The number of unbranched alkanes of at least 4 members (excludes halogenated alkanes) is 2. The van der Waals surface area contributed by atoms with E-state index in [1.807, 2.05) is 0 Å². The SMILES string of the molecule is COC(=O)CCCCCC1=CC(C)(C)CC1=O. The Morgan fingerprint density at radius 2 is 2.06 bits per heavy atom. The van der Waals surface area contributed by atoms with Gasteiger partial charge >= 0.3 is 5.97 Å². The smallest absolute Gasteiger partial charge is 0.305 e. The lowest BCUT2D eigenvalue weighted by Crippen LogP contribution is -2.05. The summed E-state index contributed by atoms with van der Waals surface area (Å²) in [6.07, 6.45) is 6.88. The molecule has 1 rings (SSSR count). The van der Waals surface area contributed by atoms with Gasteiger partial charge in [-0.15, -0.1) is 0 Å². The first-order valence-electron chi connectivity index (χ1n) is 6.26. The average Bonchev–Trinajstić information content (AvgIpc) is 2.51. The molecule has 3 heteroatoms. The molecule has 0 unspecified atom stereocenters. The third kappa shape index (κ3) is 4.72. The summed E-state index contributed by atoms with van der Waals surface area (Å²) in [7, 11) is 1.41. The van der Waals surface area contributed by atoms with Crippen molar-refractivity contribution in [2.75, 3.05) is 7.11 Å². The number of ketones is 1. The number of hydrogen-bond donors (Lipinski definition) is 0. The molecule has 17 heavy (non-hydrogen) atoms. The molecule has 0 fully saturated rings. The second-order valence-electron chi connectivity index (χ2n) is 5.39. The van der Waals surface area contributed by atoms with Crippen LogP contribution >= 0.6 is 0 Å². The van der Waals surface area contributed by atoms with Gasteiger partial charge in [-0.25, -0.2) is 0 Å². The van der Waals surface area contributed by atoms with E-state index in [1.54, 1.807) is 0 Å². The van der Waals surface area contributed by atoms with Crippen LogP contribution in [0.15, 0.2) is 11.6 Å². The third-order valence-electron chi connectivity index (χ3n) is 3.09. The number of esters is 1. The summed E-state index contributed by atoms with van der Waals surface area (Å²) >= 11 is 0. The Morgan fingerprint density at radius 1 is 1.35 bits per heavy atom. The standard InChI is InChI=1S/C14H22O3/c1-14(2)9-11(12(15)10-14)7-5-4-6-8-13(16)17-3/h9H,4-8,10H2,1-3H3. The molecule has 0 bridgehead atoms. The topological polar surface area (TPSA) is 43.4 Å². The van der Waals surface area contributed by atoms with E-state index in [-0.39, 0.29) is 11.4 Å². The highest BCUT2D eigenvalue weighted by Crippen LogP contribution is 2.34. The molecule has 0 radical (unpaired) electrons. The van der Waals surface area contributed by atoms with Crippen LogP contribution in [0.3, 0.4) is 0 Å². The Balaban J connectivity index is 2.19. The van der Waals surface area contributed by atoms with Crippen molar-refractivity contribution in [1.82, 2.24) is 0 Å². The first-order chi connectivity index (χ1) is 7.94. The molecule has 0 aromatic carbocycles. The molecule has 0 spiro atoms. The number of methoxy groups -OCH3 is 1. The fourth-order valence-corrected chi connectivity index (χ4v) is 2.21. The summed E-state index contributed by atoms with van der Waals surface area (Å²) in [5.74, 6) is 0.144. The molecule has 0 aliphatic heterocycles. The Hall–Kier alpha value is -1.12. The largest absolute Gasteiger partial charge is 0.469 e. The number of carbonyl (C=O) groups excluding carboxylic acids is 2. The Morgan fingerprint density at radius 3 is 2.59 bits per heavy atom. The normalized spacial score (nSPS) is 18.1. The van der Waals surface area contributed by atoms with Crippen molar-refractivity contribution in [3.8, 4) is 0 Å². The van der Waals surface area contributed by atoms with Gasteiger partial charge < -0.3 is 4.74 Å². The van der Waals surface area contributed by atoms with E-state index in [0.717, 1.165) is 31.3 Å². The Bertz CT molecular complexity index is 326. The molecule has 0 heterocycles. The maximum Gasteiger partial charge on any atom is 0.305 e. The minimum atomic E-state index is -0.151. The highest BCUT2D eigenvalue weighted by molar-refractivity contribution is 5.98. The number of rotatable bonds is 6. The van der Waals surface area contributed by atoms with E-state index in [9.17, 15) is 9.59 Å². The van der Waals surface area contributed by atoms with Crippen molar-refractivity contribution in [2.24, 2.45) is 5.41 Å². The van der Waals surface area contributed by atoms with Gasteiger partial charge in [-0.1, -0.05) is 26.3 Å². The van der Waals surface area contributed by atoms with E-state index in [0.29, 0.717) is 18.6 Å². The minimum absolute atomic E-state index is 0.0401. The first-order valence-corrected chi connectivity index (χ1v) is 6.26. The van der Waals surface area contributed by atoms with Crippen molar-refractivity contribution >= 4 is 11.8 Å². The highest BCUT2D eigenvalue weighted by Gasteiger charge is 2.29. The molecule has 96 valence electrons. The molecular formula is C14H22O3. The summed E-state index contributed by atoms with van der Waals surface area (Å²) in [5, 5.41) is 0. The fourth-order valence-electron chi connectivity index (χ4n) is 2.21. The van der Waals surface area contributed by atoms with Gasteiger partial charge in [0.25, 0.3) is 0 Å². The van der Waals surface area contributed by atoms with Gasteiger partial charge in [0.05, 0.1) is 7.11 Å². The summed E-state index contributed by atoms with van der Waals surface area (Å²) < 4.78 is 4.57. The number of carbonyl (C=O) groups is 2. The van der Waals surface area contributed by atoms with Crippen LogP contribution in [-0.2, 0) is 14.3 Å². The van der Waals surface area contributed by atoms with Crippen molar-refractivity contribution in [1.29, 1.82) is 0 Å². The maximum atomic E-state index is 11.7. The van der Waals surface area contributed by atoms with E-state index in [1.165, 1.54) is 7.11 Å². The quantitative estimate of drug-likeness (QED) is 0.527. The molecular weight excluding hydrogens is 216 g/mol. The van der Waals surface area contributed by atoms with Crippen molar-refractivity contribution in [3.63, 3.8) is 0 Å². The zero-order valence-corrected chi connectivity index (χ0v) is 11.0. The van der Waals surface area contributed by atoms with Crippen LogP contribution in [-0.4, -0.2) is 18.9 Å². The van der Waals surface area contributed by atoms with Crippen molar-refractivity contribution < 1.29 is 14.3 Å². The highest BCUT2D eigenvalue weighted by atomic mass is 16.5. The molecule has 1 aliphatic carbocycles. The van der Waals surface area contributed by atoms with Crippen LogP contribution in [0.1, 0.15) is 52.4 Å². The second kappa shape index (κ2) is 5.99. The van der Waals surface area contributed by atoms with Crippen molar-refractivity contribution in [3.05, 3.63) is 11.6 Å². The van der Waals surface area contributed by atoms with Gasteiger partial charge in [0, 0.05) is 12.8 Å². The Kier molecular flexibility index (Phi) is 4.91. The van der Waals surface area contributed by atoms with E-state index < -0.39 is 0 Å². The zero-order valence-electron chi connectivity index (χ0n) is 11.0. The van der Waals surface area contributed by atoms with Crippen LogP contribution in [0.5, 0.6) is 0 Å². The first kappa shape index (κ1) is 13.9. The molecule has 1 aliphatic rings. The summed E-state index contributed by atoms with van der Waals surface area (Å²) in [4.78, 5) is 22.5. The van der Waals surface area contributed by atoms with Crippen LogP contribution < -0.4 is 0 Å². The predicted molar refractivity (Wildman–Crippen MR) is 66.6 cm³/mol. The molecule has 0 N–H and O–H groups in total. The fraction of sp³-hybridized carbons (Fsp3) is 0.714. The molecule has 0 aromatic heterocycles. The lowest BCUT2D eigenvalue weighted by molar-refractivity contribution is -0.140. The third-order valence-corrected chi connectivity index (χ3v) is 3.09. The molecule has 0 saturated carbocycles. The van der Waals surface area contributed by atoms with Crippen LogP contribution in [0, 0.1) is 5.41 Å². The van der Waals surface area contributed by atoms with Gasteiger partial charge in [0.2, 0.25) is 0 Å². The number of allylic oxidation sites excluding steroid dienone is 2. The van der Waals surface area contributed by atoms with Gasteiger partial charge in [-0.3, -0.25) is 9.59 Å². The van der Waals surface area contributed by atoms with Crippen LogP contribution in [0.25, 0.3) is 0 Å². The zero-order chi connectivity index (χ0) is 12.9. The lowest BCUT2D eigenvalue weighted by atomic mass is 9.93. The number of ether oxygens (including phenoxy) is 1. The number of Topliss-reactive ketones (excluding diaryl/α,β-unsaturated/α-hetero) is 1. The van der Waals surface area contributed by atoms with E-state index in [4.69, 9.17) is 0 Å². The molecule has 0 atom stereocenters. The molecule has 0 aromatic rings. The number of hydrogen-bond acceptors (Lipinski definition) is 3. The molecule has 0 saturated heterocycles. The van der Waals surface area contributed by atoms with E-state index in [2.05, 4.69) is 24.7 Å². The Labute approximate surface area is 103 Å².